The van der Waals surface area contributed by atoms with Gasteiger partial charge in [0.2, 0.25) is 5.91 Å². The minimum absolute atomic E-state index is 0.00692. The zero-order valence-corrected chi connectivity index (χ0v) is 11.4. The Morgan fingerprint density at radius 3 is 2.83 bits per heavy atom. The van der Waals surface area contributed by atoms with Gasteiger partial charge in [-0.1, -0.05) is 6.07 Å². The number of fused-ring (bicyclic) bond motifs is 1. The molecule has 1 aliphatic heterocycles. The molecule has 0 saturated heterocycles. The third-order valence-corrected chi connectivity index (χ3v) is 4.09. The van der Waals surface area contributed by atoms with E-state index in [1.807, 2.05) is 32.0 Å². The number of methoxy groups -OCH3 is 1. The van der Waals surface area contributed by atoms with E-state index in [9.17, 15) is 9.59 Å². The smallest absolute Gasteiger partial charge is 0.315 e. The van der Waals surface area contributed by atoms with Gasteiger partial charge in [-0.25, -0.2) is 0 Å². The number of esters is 1. The molecule has 4 nitrogen and oxygen atoms in total. The summed E-state index contributed by atoms with van der Waals surface area (Å²) in [5.74, 6) is 0.148. The predicted molar refractivity (Wildman–Crippen MR) is 70.8 cm³/mol. The molecular formula is C13H15NO3S. The Bertz CT molecular complexity index is 511. The fraction of sp³-hybridized carbons (Fsp3) is 0.385. The number of carbonyl (C=O) groups excluding carboxylic acids is 2. The first-order chi connectivity index (χ1) is 8.45. The minimum atomic E-state index is -0.689. The van der Waals surface area contributed by atoms with Gasteiger partial charge in [0.05, 0.1) is 24.0 Å². The molecule has 0 atom stereocenters. The number of thioether (sulfide) groups is 1. The van der Waals surface area contributed by atoms with Crippen LogP contribution in [0.2, 0.25) is 0 Å². The lowest BCUT2D eigenvalue weighted by atomic mass is 9.84. The molecule has 0 bridgehead atoms. The highest BCUT2D eigenvalue weighted by Gasteiger charge is 2.31. The number of rotatable bonds is 2. The van der Waals surface area contributed by atoms with E-state index in [1.165, 1.54) is 18.9 Å². The molecule has 0 unspecified atom stereocenters. The first kappa shape index (κ1) is 13.0. The normalized spacial score (nSPS) is 14.7. The maximum atomic E-state index is 11.8. The van der Waals surface area contributed by atoms with E-state index in [2.05, 4.69) is 5.32 Å². The summed E-state index contributed by atoms with van der Waals surface area (Å²) in [6.07, 6.45) is 0. The van der Waals surface area contributed by atoms with E-state index in [1.54, 1.807) is 0 Å². The Morgan fingerprint density at radius 2 is 2.17 bits per heavy atom. The van der Waals surface area contributed by atoms with Gasteiger partial charge in [0.25, 0.3) is 0 Å². The lowest BCUT2D eigenvalue weighted by Crippen LogP contribution is -2.30. The summed E-state index contributed by atoms with van der Waals surface area (Å²) in [7, 11) is 1.39. The molecule has 5 heteroatoms. The zero-order valence-electron chi connectivity index (χ0n) is 10.6. The van der Waals surface area contributed by atoms with Crippen LogP contribution in [0.15, 0.2) is 23.1 Å². The fourth-order valence-electron chi connectivity index (χ4n) is 1.84. The molecule has 0 spiro atoms. The molecule has 1 amide bonds. The molecule has 0 aromatic heterocycles. The zero-order chi connectivity index (χ0) is 13.3. The fourth-order valence-corrected chi connectivity index (χ4v) is 2.68. The maximum absolute atomic E-state index is 11.8. The molecule has 18 heavy (non-hydrogen) atoms. The van der Waals surface area contributed by atoms with Crippen molar-refractivity contribution >= 4 is 29.3 Å². The number of carbonyl (C=O) groups is 2. The van der Waals surface area contributed by atoms with Crippen LogP contribution in [0.4, 0.5) is 5.69 Å². The highest BCUT2D eigenvalue weighted by molar-refractivity contribution is 8.00. The summed E-state index contributed by atoms with van der Waals surface area (Å²) < 4.78 is 4.82. The van der Waals surface area contributed by atoms with Crippen LogP contribution in [0, 0.1) is 0 Å². The van der Waals surface area contributed by atoms with Crippen LogP contribution >= 0.6 is 11.8 Å². The van der Waals surface area contributed by atoms with Crippen molar-refractivity contribution in [2.24, 2.45) is 0 Å². The van der Waals surface area contributed by atoms with Gasteiger partial charge in [-0.3, -0.25) is 9.59 Å². The van der Waals surface area contributed by atoms with Crippen molar-refractivity contribution in [3.63, 3.8) is 0 Å². The van der Waals surface area contributed by atoms with Crippen molar-refractivity contribution in [3.05, 3.63) is 23.8 Å². The van der Waals surface area contributed by atoms with Crippen LogP contribution in [0.3, 0.4) is 0 Å². The van der Waals surface area contributed by atoms with Crippen molar-refractivity contribution in [2.45, 2.75) is 24.2 Å². The molecule has 0 fully saturated rings. The highest BCUT2D eigenvalue weighted by Crippen LogP contribution is 2.35. The number of nitrogens with one attached hydrogen (secondary N) is 1. The number of hydrogen-bond acceptors (Lipinski definition) is 4. The second-order valence-corrected chi connectivity index (χ2v) is 5.68. The van der Waals surface area contributed by atoms with Gasteiger partial charge >= 0.3 is 5.97 Å². The second kappa shape index (κ2) is 4.65. The number of amides is 1. The monoisotopic (exact) mass is 265 g/mol. The average Bonchev–Trinajstić information content (AvgIpc) is 2.36. The van der Waals surface area contributed by atoms with Gasteiger partial charge in [0.1, 0.15) is 0 Å². The van der Waals surface area contributed by atoms with E-state index in [-0.39, 0.29) is 11.9 Å². The maximum Gasteiger partial charge on any atom is 0.315 e. The third-order valence-electron chi connectivity index (χ3n) is 3.03. The minimum Gasteiger partial charge on any atom is -0.468 e. The van der Waals surface area contributed by atoms with Crippen molar-refractivity contribution < 1.29 is 14.3 Å². The Labute approximate surface area is 110 Å². The van der Waals surface area contributed by atoms with Gasteiger partial charge in [0, 0.05) is 4.90 Å². The molecular weight excluding hydrogens is 250 g/mol. The predicted octanol–water partition coefficient (Wildman–Crippen LogP) is 2.18. The summed E-state index contributed by atoms with van der Waals surface area (Å²) in [5, 5.41) is 2.81. The van der Waals surface area contributed by atoms with Crippen LogP contribution in [0.1, 0.15) is 19.4 Å². The molecule has 0 radical (unpaired) electrons. The first-order valence-electron chi connectivity index (χ1n) is 5.61. The van der Waals surface area contributed by atoms with Crippen molar-refractivity contribution in [1.82, 2.24) is 0 Å². The van der Waals surface area contributed by atoms with Crippen molar-refractivity contribution in [1.29, 1.82) is 0 Å². The van der Waals surface area contributed by atoms with E-state index >= 15 is 0 Å². The summed E-state index contributed by atoms with van der Waals surface area (Å²) >= 11 is 1.48. The Balaban J connectivity index is 2.37. The number of benzene rings is 1. The van der Waals surface area contributed by atoms with Crippen molar-refractivity contribution in [3.8, 4) is 0 Å². The van der Waals surface area contributed by atoms with Crippen molar-refractivity contribution in [2.75, 3.05) is 18.2 Å². The summed E-state index contributed by atoms with van der Waals surface area (Å²) in [6, 6.07) is 5.62. The van der Waals surface area contributed by atoms with Gasteiger partial charge in [-0.2, -0.15) is 0 Å². The van der Waals surface area contributed by atoms with Gasteiger partial charge in [0.15, 0.2) is 0 Å². The lowest BCUT2D eigenvalue weighted by Gasteiger charge is -2.24. The Kier molecular flexibility index (Phi) is 3.34. The summed E-state index contributed by atoms with van der Waals surface area (Å²) in [5.41, 5.74) is 1.00. The third kappa shape index (κ3) is 2.22. The molecule has 0 saturated carbocycles. The molecule has 1 heterocycles. The van der Waals surface area contributed by atoms with E-state index in [4.69, 9.17) is 4.74 Å². The summed E-state index contributed by atoms with van der Waals surface area (Å²) in [6.45, 7) is 3.65. The lowest BCUT2D eigenvalue weighted by molar-refractivity contribution is -0.146. The molecule has 2 rings (SSSR count). The number of hydrogen-bond donors (Lipinski definition) is 1. The Morgan fingerprint density at radius 1 is 1.44 bits per heavy atom. The molecule has 0 aliphatic carbocycles. The molecule has 1 aromatic carbocycles. The molecule has 1 aliphatic rings. The van der Waals surface area contributed by atoms with Crippen LogP contribution in [-0.4, -0.2) is 24.7 Å². The first-order valence-corrected chi connectivity index (χ1v) is 6.59. The van der Waals surface area contributed by atoms with Crippen LogP contribution in [-0.2, 0) is 19.7 Å². The number of ether oxygens (including phenoxy) is 1. The van der Waals surface area contributed by atoms with Crippen LogP contribution in [0.25, 0.3) is 0 Å². The standard InChI is InChI=1S/C13H15NO3S/c1-13(2,12(16)17-3)8-4-5-9-10(6-8)18-7-11(15)14-9/h4-6H,7H2,1-3H3,(H,14,15). The van der Waals surface area contributed by atoms with E-state index < -0.39 is 5.41 Å². The Hall–Kier alpha value is -1.49. The molecule has 1 aromatic rings. The van der Waals surface area contributed by atoms with Crippen LogP contribution in [0.5, 0.6) is 0 Å². The SMILES string of the molecule is COC(=O)C(C)(C)c1ccc2c(c1)SCC(=O)N2. The largest absolute Gasteiger partial charge is 0.468 e. The van der Waals surface area contributed by atoms with Gasteiger partial charge in [-0.15, -0.1) is 11.8 Å². The van der Waals surface area contributed by atoms with E-state index in [0.717, 1.165) is 16.1 Å². The number of anilines is 1. The average molecular weight is 265 g/mol. The molecule has 1 N–H and O–H groups in total. The van der Waals surface area contributed by atoms with Crippen LogP contribution < -0.4 is 5.32 Å². The van der Waals surface area contributed by atoms with Gasteiger partial charge in [-0.05, 0) is 31.5 Å². The topological polar surface area (TPSA) is 55.4 Å². The molecule has 96 valence electrons. The van der Waals surface area contributed by atoms with E-state index in [0.29, 0.717) is 5.75 Å². The van der Waals surface area contributed by atoms with Gasteiger partial charge < -0.3 is 10.1 Å². The highest BCUT2D eigenvalue weighted by atomic mass is 32.2. The second-order valence-electron chi connectivity index (χ2n) is 4.66. The quantitative estimate of drug-likeness (QED) is 0.833. The summed E-state index contributed by atoms with van der Waals surface area (Å²) in [4.78, 5) is 24.0.